The fourth-order valence-corrected chi connectivity index (χ4v) is 6.55. The van der Waals surface area contributed by atoms with Crippen LogP contribution in [0.2, 0.25) is 0 Å². The minimum atomic E-state index is -3.61. The largest absolute Gasteiger partial charge is 0.325 e. The minimum Gasteiger partial charge on any atom is -0.325 e. The van der Waals surface area contributed by atoms with E-state index in [1.54, 1.807) is 29.6 Å². The maximum absolute atomic E-state index is 12.7. The lowest BCUT2D eigenvalue weighted by molar-refractivity contribution is -0.120. The maximum Gasteiger partial charge on any atom is 0.252 e. The molecule has 1 N–H and O–H groups in total. The molecule has 0 bridgehead atoms. The summed E-state index contributed by atoms with van der Waals surface area (Å²) in [6.45, 7) is 0.442. The van der Waals surface area contributed by atoms with Crippen molar-refractivity contribution in [2.45, 2.75) is 21.9 Å². The van der Waals surface area contributed by atoms with Gasteiger partial charge in [-0.1, -0.05) is 18.2 Å². The Balaban J connectivity index is 1.77. The molecule has 2 heterocycles. The molecule has 0 aliphatic carbocycles. The summed E-state index contributed by atoms with van der Waals surface area (Å²) in [5, 5.41) is 4.35. The molecule has 27 heavy (non-hydrogen) atoms. The molecule has 10 heteroatoms. The van der Waals surface area contributed by atoms with Gasteiger partial charge in [0.15, 0.2) is 9.84 Å². The van der Waals surface area contributed by atoms with E-state index in [1.807, 2.05) is 0 Å². The van der Waals surface area contributed by atoms with Crippen molar-refractivity contribution in [2.24, 2.45) is 5.92 Å². The number of piperidine rings is 1. The molecule has 3 rings (SSSR count). The number of nitrogens with zero attached hydrogens (tertiary/aromatic N) is 1. The molecular formula is C17H20N2O5S3. The number of carbonyl (C=O) groups is 1. The van der Waals surface area contributed by atoms with Gasteiger partial charge >= 0.3 is 0 Å². The van der Waals surface area contributed by atoms with Crippen molar-refractivity contribution in [3.8, 4) is 0 Å². The standard InChI is InChI=1S/C17H20N2O5S3/c1-26(21,22)15-8-3-2-7-14(15)18-17(20)13-6-4-10-19(12-13)27(23,24)16-9-5-11-25-16/h2-3,5,7-9,11,13H,4,6,10,12H2,1H3,(H,18,20). The Kier molecular flexibility index (Phi) is 5.71. The first-order valence-electron chi connectivity index (χ1n) is 8.33. The number of amides is 1. The highest BCUT2D eigenvalue weighted by Gasteiger charge is 2.34. The van der Waals surface area contributed by atoms with Crippen LogP contribution in [0.25, 0.3) is 0 Å². The van der Waals surface area contributed by atoms with Crippen molar-refractivity contribution in [3.63, 3.8) is 0 Å². The summed E-state index contributed by atoms with van der Waals surface area (Å²) in [6, 6.07) is 9.40. The third-order valence-electron chi connectivity index (χ3n) is 4.39. The molecule has 1 amide bonds. The van der Waals surface area contributed by atoms with Crippen LogP contribution in [0, 0.1) is 5.92 Å². The van der Waals surface area contributed by atoms with E-state index in [9.17, 15) is 21.6 Å². The zero-order chi connectivity index (χ0) is 19.7. The van der Waals surface area contributed by atoms with Crippen molar-refractivity contribution < 1.29 is 21.6 Å². The number of para-hydroxylation sites is 1. The molecule has 0 saturated carbocycles. The summed E-state index contributed by atoms with van der Waals surface area (Å²) in [5.74, 6) is -0.918. The molecular weight excluding hydrogens is 408 g/mol. The number of benzene rings is 1. The molecule has 1 aromatic heterocycles. The summed E-state index contributed by atoms with van der Waals surface area (Å²) in [7, 11) is -7.11. The van der Waals surface area contributed by atoms with Gasteiger partial charge in [-0.25, -0.2) is 16.8 Å². The Morgan fingerprint density at radius 3 is 2.56 bits per heavy atom. The number of hydrogen-bond donors (Lipinski definition) is 1. The van der Waals surface area contributed by atoms with E-state index in [1.165, 1.54) is 16.4 Å². The lowest BCUT2D eigenvalue weighted by Crippen LogP contribution is -2.43. The summed E-state index contributed by atoms with van der Waals surface area (Å²) >= 11 is 1.14. The predicted molar refractivity (Wildman–Crippen MR) is 104 cm³/mol. The lowest BCUT2D eigenvalue weighted by Gasteiger charge is -2.30. The van der Waals surface area contributed by atoms with Gasteiger partial charge in [0.1, 0.15) is 4.21 Å². The van der Waals surface area contributed by atoms with Crippen LogP contribution < -0.4 is 5.32 Å². The van der Waals surface area contributed by atoms with Gasteiger partial charge in [0.05, 0.1) is 16.5 Å². The predicted octanol–water partition coefficient (Wildman–Crippen LogP) is 2.19. The van der Waals surface area contributed by atoms with Crippen LogP contribution >= 0.6 is 11.3 Å². The Labute approximate surface area is 163 Å². The summed E-state index contributed by atoms with van der Waals surface area (Å²) in [5.41, 5.74) is 0.211. The van der Waals surface area contributed by atoms with Gasteiger partial charge < -0.3 is 5.32 Å². The van der Waals surface area contributed by atoms with E-state index < -0.39 is 25.8 Å². The number of sulfonamides is 1. The van der Waals surface area contributed by atoms with E-state index in [2.05, 4.69) is 5.32 Å². The molecule has 1 aromatic carbocycles. The van der Waals surface area contributed by atoms with Gasteiger partial charge in [-0.15, -0.1) is 11.3 Å². The van der Waals surface area contributed by atoms with Gasteiger partial charge in [0.2, 0.25) is 5.91 Å². The average Bonchev–Trinajstić information content (AvgIpc) is 3.17. The topological polar surface area (TPSA) is 101 Å². The number of rotatable bonds is 5. The van der Waals surface area contributed by atoms with Crippen molar-refractivity contribution in [2.75, 3.05) is 24.7 Å². The third kappa shape index (κ3) is 4.40. The summed E-state index contributed by atoms with van der Waals surface area (Å²) < 4.78 is 50.7. The lowest BCUT2D eigenvalue weighted by atomic mass is 9.99. The number of sulfone groups is 1. The Morgan fingerprint density at radius 2 is 1.89 bits per heavy atom. The van der Waals surface area contributed by atoms with E-state index in [0.717, 1.165) is 17.6 Å². The van der Waals surface area contributed by atoms with Crippen LogP contribution in [0.4, 0.5) is 5.69 Å². The molecule has 1 saturated heterocycles. The quantitative estimate of drug-likeness (QED) is 0.787. The Bertz CT molecular complexity index is 1030. The minimum absolute atomic E-state index is 0.0391. The van der Waals surface area contributed by atoms with Gasteiger partial charge in [0.25, 0.3) is 10.0 Å². The Morgan fingerprint density at radius 1 is 1.15 bits per heavy atom. The van der Waals surface area contributed by atoms with Crippen molar-refractivity contribution >= 4 is 42.8 Å². The van der Waals surface area contributed by atoms with Gasteiger partial charge in [-0.05, 0) is 36.4 Å². The summed E-state index contributed by atoms with van der Waals surface area (Å²) in [6.07, 6.45) is 2.19. The van der Waals surface area contributed by atoms with Crippen LogP contribution in [0.5, 0.6) is 0 Å². The molecule has 2 aromatic rings. The first kappa shape index (κ1) is 20.0. The highest BCUT2D eigenvalue weighted by molar-refractivity contribution is 7.91. The zero-order valence-corrected chi connectivity index (χ0v) is 17.1. The van der Waals surface area contributed by atoms with E-state index in [4.69, 9.17) is 0 Å². The number of hydrogen-bond acceptors (Lipinski definition) is 6. The molecule has 7 nitrogen and oxygen atoms in total. The second-order valence-electron chi connectivity index (χ2n) is 6.39. The molecule has 0 radical (unpaired) electrons. The second kappa shape index (κ2) is 7.70. The second-order valence-corrected chi connectivity index (χ2v) is 11.5. The van der Waals surface area contributed by atoms with Crippen LogP contribution in [0.1, 0.15) is 12.8 Å². The summed E-state index contributed by atoms with van der Waals surface area (Å²) in [4.78, 5) is 12.7. The zero-order valence-electron chi connectivity index (χ0n) is 14.7. The highest BCUT2D eigenvalue weighted by atomic mass is 32.2. The van der Waals surface area contributed by atoms with Crippen molar-refractivity contribution in [3.05, 3.63) is 41.8 Å². The monoisotopic (exact) mass is 428 g/mol. The normalized spacial score (nSPS) is 18.9. The van der Waals surface area contributed by atoms with E-state index in [-0.39, 0.29) is 27.2 Å². The molecule has 1 fully saturated rings. The fraction of sp³-hybridized carbons (Fsp3) is 0.353. The van der Waals surface area contributed by atoms with Gasteiger partial charge in [-0.2, -0.15) is 4.31 Å². The van der Waals surface area contributed by atoms with Crippen molar-refractivity contribution in [1.82, 2.24) is 4.31 Å². The average molecular weight is 429 g/mol. The third-order valence-corrected chi connectivity index (χ3v) is 8.78. The molecule has 146 valence electrons. The van der Waals surface area contributed by atoms with Gasteiger partial charge in [0, 0.05) is 19.3 Å². The van der Waals surface area contributed by atoms with Crippen LogP contribution in [0.3, 0.4) is 0 Å². The molecule has 0 spiro atoms. The number of anilines is 1. The van der Waals surface area contributed by atoms with Crippen molar-refractivity contribution in [1.29, 1.82) is 0 Å². The van der Waals surface area contributed by atoms with E-state index in [0.29, 0.717) is 19.4 Å². The first-order chi connectivity index (χ1) is 12.7. The Hall–Kier alpha value is -1.75. The van der Waals surface area contributed by atoms with Crippen LogP contribution in [-0.4, -0.2) is 46.4 Å². The maximum atomic E-state index is 12.7. The molecule has 1 unspecified atom stereocenters. The van der Waals surface area contributed by atoms with Crippen LogP contribution in [0.15, 0.2) is 50.9 Å². The molecule has 1 atom stereocenters. The van der Waals surface area contributed by atoms with E-state index >= 15 is 0 Å². The van der Waals surface area contributed by atoms with Gasteiger partial charge in [-0.3, -0.25) is 4.79 Å². The SMILES string of the molecule is CS(=O)(=O)c1ccccc1NC(=O)C1CCCN(S(=O)(=O)c2cccs2)C1. The smallest absolute Gasteiger partial charge is 0.252 e. The number of thiophene rings is 1. The van der Waals surface area contributed by atoms with Crippen LogP contribution in [-0.2, 0) is 24.7 Å². The number of nitrogens with one attached hydrogen (secondary N) is 1. The molecule has 1 aliphatic rings. The highest BCUT2D eigenvalue weighted by Crippen LogP contribution is 2.28. The number of carbonyl (C=O) groups excluding carboxylic acids is 1. The first-order valence-corrected chi connectivity index (χ1v) is 12.5. The molecule has 1 aliphatic heterocycles. The fourth-order valence-electron chi connectivity index (χ4n) is 3.04.